The van der Waals surface area contributed by atoms with E-state index < -0.39 is 77.0 Å². The van der Waals surface area contributed by atoms with Crippen LogP contribution in [0.3, 0.4) is 0 Å². The van der Waals surface area contributed by atoms with Crippen molar-refractivity contribution in [2.24, 2.45) is 0 Å². The summed E-state index contributed by atoms with van der Waals surface area (Å²) in [6.45, 7) is -1.44. The molecule has 3 aromatic rings. The number of halogens is 2. The number of rotatable bonds is 10. The standard InChI is InChI=1S/C19H24Br2N8O13P2/c20-6-3-28(19(32)25-14(6)22)11-1-7(30)9(40-11)4-39-44(36,37)42-8-2-12(41-10(8)5-38-43(33,34)35)29-15-13(24-17(29)21)16(31)27-18(23)26-15/h3,7-12,30H,1-2,4-5H2,(H,36,37)(H2,22,25,32)(H2,33,34,35)(H3,23,26,27,31)/t7-,8-,9+,10+,11+,12+/m0/s1. The van der Waals surface area contributed by atoms with Crippen LogP contribution in [-0.4, -0.2) is 86.5 Å². The number of H-pyrrole nitrogens is 1. The van der Waals surface area contributed by atoms with Crippen LogP contribution in [-0.2, 0) is 32.2 Å². The summed E-state index contributed by atoms with van der Waals surface area (Å²) in [4.78, 5) is 67.4. The largest absolute Gasteiger partial charge is 0.472 e. The van der Waals surface area contributed by atoms with Gasteiger partial charge < -0.3 is 40.7 Å². The maximum atomic E-state index is 13.0. The Hall–Kier alpha value is -2.11. The van der Waals surface area contributed by atoms with E-state index in [0.29, 0.717) is 4.47 Å². The van der Waals surface area contributed by atoms with Crippen LogP contribution in [0.4, 0.5) is 11.8 Å². The molecule has 5 heterocycles. The van der Waals surface area contributed by atoms with Crippen molar-refractivity contribution in [3.8, 4) is 0 Å². The number of hydrogen-bond donors (Lipinski definition) is 7. The van der Waals surface area contributed by atoms with Crippen LogP contribution in [0.15, 0.2) is 25.0 Å². The van der Waals surface area contributed by atoms with Gasteiger partial charge in [0, 0.05) is 19.0 Å². The molecular formula is C19H24Br2N8O13P2. The van der Waals surface area contributed by atoms with Gasteiger partial charge in [0.25, 0.3) is 5.56 Å². The Morgan fingerprint density at radius 1 is 1.02 bits per heavy atom. The monoisotopic (exact) mass is 792 g/mol. The highest BCUT2D eigenvalue weighted by atomic mass is 79.9. The number of ether oxygens (including phenoxy) is 2. The zero-order chi connectivity index (χ0) is 32.1. The van der Waals surface area contributed by atoms with Crippen molar-refractivity contribution in [1.29, 1.82) is 0 Å². The van der Waals surface area contributed by atoms with Crippen molar-refractivity contribution in [2.45, 2.75) is 49.7 Å². The Bertz CT molecular complexity index is 1780. The first-order chi connectivity index (χ1) is 20.5. The highest BCUT2D eigenvalue weighted by Gasteiger charge is 2.45. The first-order valence-electron chi connectivity index (χ1n) is 12.3. The number of aliphatic hydroxyl groups excluding tert-OH is 1. The van der Waals surface area contributed by atoms with E-state index in [0.717, 1.165) is 4.57 Å². The molecule has 242 valence electrons. The Morgan fingerprint density at radius 3 is 2.41 bits per heavy atom. The molecule has 0 aromatic carbocycles. The second kappa shape index (κ2) is 12.6. The van der Waals surface area contributed by atoms with Crippen molar-refractivity contribution in [2.75, 3.05) is 24.7 Å². The highest BCUT2D eigenvalue weighted by molar-refractivity contribution is 9.10. The van der Waals surface area contributed by atoms with Crippen LogP contribution in [0.2, 0.25) is 0 Å². The molecule has 0 aliphatic carbocycles. The average Bonchev–Trinajstić information content (AvgIpc) is 3.57. The second-order valence-corrected chi connectivity index (χ2v) is 13.7. The van der Waals surface area contributed by atoms with Gasteiger partial charge in [0.15, 0.2) is 15.9 Å². The first-order valence-corrected chi connectivity index (χ1v) is 16.9. The molecule has 0 spiro atoms. The van der Waals surface area contributed by atoms with Crippen LogP contribution in [0.25, 0.3) is 11.2 Å². The lowest BCUT2D eigenvalue weighted by Crippen LogP contribution is -2.30. The molecule has 25 heteroatoms. The van der Waals surface area contributed by atoms with Crippen molar-refractivity contribution in [3.63, 3.8) is 0 Å². The second-order valence-electron chi connectivity index (χ2n) is 9.53. The number of aliphatic hydroxyl groups is 1. The normalized spacial score (nSPS) is 27.2. The molecule has 2 fully saturated rings. The third-order valence-electron chi connectivity index (χ3n) is 6.52. The number of fused-ring (bicyclic) bond motifs is 1. The minimum Gasteiger partial charge on any atom is -0.390 e. The minimum absolute atomic E-state index is 0.0220. The number of aromatic amines is 1. The summed E-state index contributed by atoms with van der Waals surface area (Å²) in [7, 11) is -9.97. The first kappa shape index (κ1) is 33.3. The fraction of sp³-hybridized carbons (Fsp3) is 0.526. The number of hydrogen-bond acceptors (Lipinski definition) is 15. The van der Waals surface area contributed by atoms with Gasteiger partial charge in [0.05, 0.1) is 23.8 Å². The van der Waals surface area contributed by atoms with Gasteiger partial charge >= 0.3 is 21.3 Å². The summed E-state index contributed by atoms with van der Waals surface area (Å²) in [6, 6.07) is 0. The number of nitrogen functional groups attached to an aromatic ring is 2. The van der Waals surface area contributed by atoms with Gasteiger partial charge in [-0.15, -0.1) is 0 Å². The number of phosphoric acid groups is 2. The van der Waals surface area contributed by atoms with E-state index in [1.54, 1.807) is 0 Å². The number of phosphoric ester groups is 2. The van der Waals surface area contributed by atoms with Crippen molar-refractivity contribution >= 4 is 70.4 Å². The lowest BCUT2D eigenvalue weighted by atomic mass is 10.2. The summed E-state index contributed by atoms with van der Waals surface area (Å²) < 4.78 is 53.4. The minimum atomic E-state index is -5.00. The molecule has 2 aliphatic heterocycles. The zero-order valence-corrected chi connectivity index (χ0v) is 26.8. The van der Waals surface area contributed by atoms with Gasteiger partial charge in [0.2, 0.25) is 5.95 Å². The van der Waals surface area contributed by atoms with Gasteiger partial charge in [-0.1, -0.05) is 0 Å². The van der Waals surface area contributed by atoms with Crippen molar-refractivity contribution in [3.05, 3.63) is 36.2 Å². The van der Waals surface area contributed by atoms with E-state index in [1.807, 2.05) is 0 Å². The van der Waals surface area contributed by atoms with Gasteiger partial charge in [-0.25, -0.2) is 18.9 Å². The predicted octanol–water partition coefficient (Wildman–Crippen LogP) is -0.387. The molecule has 3 aromatic heterocycles. The fourth-order valence-corrected chi connectivity index (χ4v) is 6.77. The molecule has 2 saturated heterocycles. The summed E-state index contributed by atoms with van der Waals surface area (Å²) in [6.07, 6.45) is -6.21. The van der Waals surface area contributed by atoms with Crippen LogP contribution < -0.4 is 22.7 Å². The van der Waals surface area contributed by atoms with E-state index in [2.05, 4.69) is 56.3 Å². The summed E-state index contributed by atoms with van der Waals surface area (Å²) in [5.41, 5.74) is 9.71. The van der Waals surface area contributed by atoms with Crippen LogP contribution in [0.1, 0.15) is 25.3 Å². The van der Waals surface area contributed by atoms with Crippen molar-refractivity contribution in [1.82, 2.24) is 29.1 Å². The number of imidazole rings is 1. The smallest absolute Gasteiger partial charge is 0.390 e. The Labute approximate surface area is 261 Å². The molecule has 1 unspecified atom stereocenters. The van der Waals surface area contributed by atoms with E-state index in [1.165, 1.54) is 10.8 Å². The van der Waals surface area contributed by atoms with Crippen LogP contribution >= 0.6 is 47.5 Å². The van der Waals surface area contributed by atoms with E-state index in [-0.39, 0.29) is 40.5 Å². The molecule has 7 atom stereocenters. The van der Waals surface area contributed by atoms with Crippen LogP contribution in [0.5, 0.6) is 0 Å². The molecule has 44 heavy (non-hydrogen) atoms. The summed E-state index contributed by atoms with van der Waals surface area (Å²) >= 11 is 6.34. The van der Waals surface area contributed by atoms with Crippen molar-refractivity contribution < 1.29 is 52.0 Å². The Morgan fingerprint density at radius 2 is 1.70 bits per heavy atom. The summed E-state index contributed by atoms with van der Waals surface area (Å²) in [5, 5.41) is 10.4. The van der Waals surface area contributed by atoms with E-state index in [9.17, 15) is 38.5 Å². The Balaban J connectivity index is 1.30. The van der Waals surface area contributed by atoms with Gasteiger partial charge in [-0.05, 0) is 31.9 Å². The SMILES string of the molecule is Nc1nc2c(nc(Br)n2[C@H]2C[C@H](OP(=O)(O)OC[C@H]3O[C@@H](n4cc(Br)c(N)nc4=O)C[C@@H]3O)[C@@H](COP(=O)(O)O)O2)c(=O)[nH]1. The number of nitrogens with two attached hydrogens (primary N) is 2. The topological polar surface area (TPSA) is 312 Å². The lowest BCUT2D eigenvalue weighted by Gasteiger charge is -2.22. The quantitative estimate of drug-likeness (QED) is 0.102. The molecule has 0 bridgehead atoms. The molecule has 9 N–H and O–H groups in total. The van der Waals surface area contributed by atoms with Gasteiger partial charge in [0.1, 0.15) is 36.6 Å². The number of nitrogens with zero attached hydrogens (tertiary/aromatic N) is 5. The molecule has 21 nitrogen and oxygen atoms in total. The number of anilines is 2. The molecule has 5 rings (SSSR count). The zero-order valence-electron chi connectivity index (χ0n) is 21.9. The number of nitrogens with one attached hydrogen (secondary N) is 1. The van der Waals surface area contributed by atoms with Gasteiger partial charge in [-0.2, -0.15) is 9.97 Å². The Kier molecular flexibility index (Phi) is 9.52. The third-order valence-corrected chi connectivity index (χ3v) is 9.19. The fourth-order valence-electron chi connectivity index (χ4n) is 4.59. The molecule has 0 amide bonds. The third kappa shape index (κ3) is 7.30. The molecule has 2 aliphatic rings. The maximum Gasteiger partial charge on any atom is 0.472 e. The van der Waals surface area contributed by atoms with Crippen LogP contribution in [0, 0.1) is 0 Å². The lowest BCUT2D eigenvalue weighted by molar-refractivity contribution is -0.0564. The van der Waals surface area contributed by atoms with E-state index >= 15 is 0 Å². The molecule has 0 saturated carbocycles. The molecule has 0 radical (unpaired) electrons. The summed E-state index contributed by atoms with van der Waals surface area (Å²) in [5.74, 6) is -0.284. The molecular weight excluding hydrogens is 770 g/mol. The van der Waals surface area contributed by atoms with E-state index in [4.69, 9.17) is 30.0 Å². The highest BCUT2D eigenvalue weighted by Crippen LogP contribution is 2.50. The van der Waals surface area contributed by atoms with Gasteiger partial charge in [-0.3, -0.25) is 32.5 Å². The maximum absolute atomic E-state index is 13.0. The average molecular weight is 794 g/mol. The number of aromatic nitrogens is 6. The predicted molar refractivity (Wildman–Crippen MR) is 153 cm³/mol.